The number of hydrogen-bond acceptors (Lipinski definition) is 4. The molecule has 1 heterocycles. The number of aromatic nitrogens is 1. The van der Waals surface area contributed by atoms with Crippen LogP contribution in [-0.2, 0) is 9.53 Å². The Balaban J connectivity index is 2.95. The third-order valence-electron chi connectivity index (χ3n) is 2.02. The van der Waals surface area contributed by atoms with Crippen molar-refractivity contribution in [2.24, 2.45) is 5.73 Å². The monoisotopic (exact) mass is 194 g/mol. The molecule has 0 aliphatic carbocycles. The van der Waals surface area contributed by atoms with Crippen LogP contribution < -0.4 is 5.73 Å². The van der Waals surface area contributed by atoms with Crippen LogP contribution >= 0.6 is 0 Å². The minimum Gasteiger partial charge on any atom is -0.469 e. The zero-order chi connectivity index (χ0) is 10.6. The van der Waals surface area contributed by atoms with Gasteiger partial charge in [0.15, 0.2) is 0 Å². The highest BCUT2D eigenvalue weighted by atomic mass is 16.5. The fourth-order valence-corrected chi connectivity index (χ4v) is 1.34. The molecule has 2 atom stereocenters. The molecule has 0 fully saturated rings. The molecule has 0 spiro atoms. The second-order valence-corrected chi connectivity index (χ2v) is 3.15. The molecule has 2 N–H and O–H groups in total. The van der Waals surface area contributed by atoms with Crippen molar-refractivity contribution in [1.29, 1.82) is 0 Å². The third kappa shape index (κ3) is 2.29. The summed E-state index contributed by atoms with van der Waals surface area (Å²) in [7, 11) is 1.36. The van der Waals surface area contributed by atoms with Crippen LogP contribution in [0.1, 0.15) is 18.4 Å². The number of rotatable bonds is 3. The highest BCUT2D eigenvalue weighted by Gasteiger charge is 2.25. The highest BCUT2D eigenvalue weighted by molar-refractivity contribution is 5.78. The SMILES string of the molecule is COC(=O)C(c1cccnc1)[C@H](C)N. The van der Waals surface area contributed by atoms with E-state index in [9.17, 15) is 4.79 Å². The Kier molecular flexibility index (Phi) is 3.59. The Hall–Kier alpha value is -1.42. The summed E-state index contributed by atoms with van der Waals surface area (Å²) in [5.41, 5.74) is 6.50. The van der Waals surface area contributed by atoms with Gasteiger partial charge in [-0.05, 0) is 18.6 Å². The molecule has 0 saturated heterocycles. The fourth-order valence-electron chi connectivity index (χ4n) is 1.34. The molecule has 0 saturated carbocycles. The summed E-state index contributed by atoms with van der Waals surface area (Å²) in [6.45, 7) is 1.77. The quantitative estimate of drug-likeness (QED) is 0.719. The summed E-state index contributed by atoms with van der Waals surface area (Å²) in [6.07, 6.45) is 3.28. The van der Waals surface area contributed by atoms with Gasteiger partial charge in [0.25, 0.3) is 0 Å². The number of methoxy groups -OCH3 is 1. The van der Waals surface area contributed by atoms with Crippen LogP contribution in [0.25, 0.3) is 0 Å². The van der Waals surface area contributed by atoms with E-state index >= 15 is 0 Å². The smallest absolute Gasteiger partial charge is 0.314 e. The summed E-state index contributed by atoms with van der Waals surface area (Å²) in [6, 6.07) is 3.30. The minimum atomic E-state index is -0.436. The van der Waals surface area contributed by atoms with Gasteiger partial charge in [-0.3, -0.25) is 9.78 Å². The third-order valence-corrected chi connectivity index (χ3v) is 2.02. The van der Waals surface area contributed by atoms with Crippen molar-refractivity contribution >= 4 is 5.97 Å². The molecule has 0 bridgehead atoms. The predicted octanol–water partition coefficient (Wildman–Crippen LogP) is 0.685. The van der Waals surface area contributed by atoms with Crippen molar-refractivity contribution in [3.63, 3.8) is 0 Å². The van der Waals surface area contributed by atoms with Gasteiger partial charge in [-0.25, -0.2) is 0 Å². The van der Waals surface area contributed by atoms with E-state index in [0.717, 1.165) is 5.56 Å². The van der Waals surface area contributed by atoms with Crippen molar-refractivity contribution < 1.29 is 9.53 Å². The lowest BCUT2D eigenvalue weighted by Gasteiger charge is -2.17. The van der Waals surface area contributed by atoms with Gasteiger partial charge in [-0.15, -0.1) is 0 Å². The maximum Gasteiger partial charge on any atom is 0.314 e. The molecule has 1 unspecified atom stereocenters. The first kappa shape index (κ1) is 10.7. The first-order valence-electron chi connectivity index (χ1n) is 4.40. The van der Waals surface area contributed by atoms with Crippen LogP contribution in [0.5, 0.6) is 0 Å². The lowest BCUT2D eigenvalue weighted by Crippen LogP contribution is -2.31. The molecule has 0 aliphatic rings. The van der Waals surface area contributed by atoms with E-state index in [4.69, 9.17) is 5.73 Å². The Morgan fingerprint density at radius 1 is 1.64 bits per heavy atom. The summed E-state index contributed by atoms with van der Waals surface area (Å²) >= 11 is 0. The number of ether oxygens (including phenoxy) is 1. The summed E-state index contributed by atoms with van der Waals surface area (Å²) in [5.74, 6) is -0.762. The largest absolute Gasteiger partial charge is 0.469 e. The van der Waals surface area contributed by atoms with E-state index in [1.807, 2.05) is 6.07 Å². The number of nitrogens with two attached hydrogens (primary N) is 1. The van der Waals surface area contributed by atoms with E-state index in [2.05, 4.69) is 9.72 Å². The van der Waals surface area contributed by atoms with Crippen molar-refractivity contribution in [3.05, 3.63) is 30.1 Å². The molecule has 1 aromatic heterocycles. The van der Waals surface area contributed by atoms with Crippen molar-refractivity contribution in [1.82, 2.24) is 4.98 Å². The molecule has 1 rings (SSSR count). The molecule has 0 amide bonds. The molecule has 4 nitrogen and oxygen atoms in total. The summed E-state index contributed by atoms with van der Waals surface area (Å²) in [5, 5.41) is 0. The number of nitrogens with zero attached hydrogens (tertiary/aromatic N) is 1. The maximum absolute atomic E-state index is 11.4. The van der Waals surface area contributed by atoms with Crippen LogP contribution in [0.2, 0.25) is 0 Å². The first-order valence-corrected chi connectivity index (χ1v) is 4.40. The van der Waals surface area contributed by atoms with Gasteiger partial charge in [0.2, 0.25) is 0 Å². The number of hydrogen-bond donors (Lipinski definition) is 1. The van der Waals surface area contributed by atoms with E-state index in [-0.39, 0.29) is 12.0 Å². The Labute approximate surface area is 83.1 Å². The van der Waals surface area contributed by atoms with E-state index in [1.165, 1.54) is 7.11 Å². The van der Waals surface area contributed by atoms with Crippen molar-refractivity contribution in [2.45, 2.75) is 18.9 Å². The number of esters is 1. The lowest BCUT2D eigenvalue weighted by molar-refractivity contribution is -0.142. The number of carbonyl (C=O) groups excluding carboxylic acids is 1. The molecule has 76 valence electrons. The fraction of sp³-hybridized carbons (Fsp3) is 0.400. The zero-order valence-electron chi connectivity index (χ0n) is 8.31. The lowest BCUT2D eigenvalue weighted by atomic mass is 9.94. The maximum atomic E-state index is 11.4. The van der Waals surface area contributed by atoms with Crippen molar-refractivity contribution in [3.8, 4) is 0 Å². The standard InChI is InChI=1S/C10H14N2O2/c1-7(11)9(10(13)14-2)8-4-3-5-12-6-8/h3-7,9H,11H2,1-2H3/t7-,9?/m0/s1. The van der Waals surface area contributed by atoms with Gasteiger partial charge in [0.05, 0.1) is 13.0 Å². The van der Waals surface area contributed by atoms with Crippen LogP contribution in [0.4, 0.5) is 0 Å². The molecular formula is C10H14N2O2. The Morgan fingerprint density at radius 2 is 2.36 bits per heavy atom. The van der Waals surface area contributed by atoms with Gasteiger partial charge in [0, 0.05) is 18.4 Å². The van der Waals surface area contributed by atoms with Gasteiger partial charge in [-0.1, -0.05) is 6.07 Å². The zero-order valence-corrected chi connectivity index (χ0v) is 8.31. The second kappa shape index (κ2) is 4.72. The number of pyridine rings is 1. The van der Waals surface area contributed by atoms with Gasteiger partial charge >= 0.3 is 5.97 Å². The average Bonchev–Trinajstić information content (AvgIpc) is 2.19. The van der Waals surface area contributed by atoms with Crippen LogP contribution in [0.3, 0.4) is 0 Å². The highest BCUT2D eigenvalue weighted by Crippen LogP contribution is 2.18. The van der Waals surface area contributed by atoms with Gasteiger partial charge in [0.1, 0.15) is 0 Å². The van der Waals surface area contributed by atoms with Crippen LogP contribution in [0, 0.1) is 0 Å². The molecule has 14 heavy (non-hydrogen) atoms. The summed E-state index contributed by atoms with van der Waals surface area (Å²) in [4.78, 5) is 15.4. The minimum absolute atomic E-state index is 0.286. The Morgan fingerprint density at radius 3 is 2.79 bits per heavy atom. The molecule has 1 aromatic rings. The molecule has 4 heteroatoms. The molecule has 0 aliphatic heterocycles. The average molecular weight is 194 g/mol. The molecule has 0 aromatic carbocycles. The second-order valence-electron chi connectivity index (χ2n) is 3.15. The normalized spacial score (nSPS) is 14.5. The summed E-state index contributed by atoms with van der Waals surface area (Å²) < 4.78 is 4.68. The molecule has 0 radical (unpaired) electrons. The van der Waals surface area contributed by atoms with Gasteiger partial charge in [-0.2, -0.15) is 0 Å². The van der Waals surface area contributed by atoms with E-state index in [1.54, 1.807) is 25.4 Å². The van der Waals surface area contributed by atoms with E-state index in [0.29, 0.717) is 0 Å². The van der Waals surface area contributed by atoms with Gasteiger partial charge < -0.3 is 10.5 Å². The number of carbonyl (C=O) groups is 1. The van der Waals surface area contributed by atoms with Crippen LogP contribution in [-0.4, -0.2) is 24.1 Å². The predicted molar refractivity (Wildman–Crippen MR) is 52.6 cm³/mol. The topological polar surface area (TPSA) is 65.2 Å². The van der Waals surface area contributed by atoms with Crippen LogP contribution in [0.15, 0.2) is 24.5 Å². The van der Waals surface area contributed by atoms with Crippen molar-refractivity contribution in [2.75, 3.05) is 7.11 Å². The van der Waals surface area contributed by atoms with E-state index < -0.39 is 5.92 Å². The molecular weight excluding hydrogens is 180 g/mol. The first-order chi connectivity index (χ1) is 6.66. The Bertz CT molecular complexity index is 298.